The van der Waals surface area contributed by atoms with Crippen LogP contribution in [-0.2, 0) is 0 Å². The lowest BCUT2D eigenvalue weighted by Crippen LogP contribution is -2.12. The summed E-state index contributed by atoms with van der Waals surface area (Å²) in [4.78, 5) is 13.5. The number of aryl methyl sites for hydroxylation is 1. The van der Waals surface area contributed by atoms with Gasteiger partial charge in [0.25, 0.3) is 11.9 Å². The van der Waals surface area contributed by atoms with Crippen molar-refractivity contribution in [1.82, 2.24) is 20.6 Å². The van der Waals surface area contributed by atoms with Crippen molar-refractivity contribution in [2.45, 2.75) is 39.0 Å². The summed E-state index contributed by atoms with van der Waals surface area (Å²) >= 11 is 1.35. The van der Waals surface area contributed by atoms with Crippen molar-refractivity contribution in [1.29, 1.82) is 0 Å². The molecule has 0 bridgehead atoms. The van der Waals surface area contributed by atoms with Crippen LogP contribution in [0.1, 0.15) is 52.9 Å². The zero-order valence-corrected chi connectivity index (χ0v) is 19.5. The highest BCUT2D eigenvalue weighted by Gasteiger charge is 2.24. The maximum absolute atomic E-state index is 13.1. The lowest BCUT2D eigenvalue weighted by molar-refractivity contribution is 0.102. The molecule has 0 aliphatic heterocycles. The van der Waals surface area contributed by atoms with Gasteiger partial charge in [-0.15, -0.1) is 16.4 Å². The Kier molecular flexibility index (Phi) is 5.72. The zero-order valence-electron chi connectivity index (χ0n) is 18.7. The molecule has 9 heteroatoms. The fraction of sp³-hybridized carbons (Fsp3) is 0.333. The Morgan fingerprint density at radius 3 is 2.70 bits per heavy atom. The Balaban J connectivity index is 1.50. The summed E-state index contributed by atoms with van der Waals surface area (Å²) in [6.45, 7) is 4.29. The molecular formula is C24H25N5O3S. The van der Waals surface area contributed by atoms with Gasteiger partial charge in [0.2, 0.25) is 0 Å². The number of nitrogens with one attached hydrogen (secondary N) is 2. The van der Waals surface area contributed by atoms with E-state index in [-0.39, 0.29) is 11.9 Å². The van der Waals surface area contributed by atoms with Crippen molar-refractivity contribution in [3.05, 3.63) is 52.4 Å². The monoisotopic (exact) mass is 463 g/mol. The van der Waals surface area contributed by atoms with Gasteiger partial charge in [-0.25, -0.2) is 0 Å². The number of hydrogen-bond acceptors (Lipinski definition) is 7. The lowest BCUT2D eigenvalue weighted by atomic mass is 9.97. The number of fused-ring (bicyclic) bond motifs is 1. The summed E-state index contributed by atoms with van der Waals surface area (Å²) in [5.41, 5.74) is 2.33. The van der Waals surface area contributed by atoms with Gasteiger partial charge in [0, 0.05) is 10.1 Å². The van der Waals surface area contributed by atoms with E-state index in [1.165, 1.54) is 36.2 Å². The van der Waals surface area contributed by atoms with Gasteiger partial charge in [-0.3, -0.25) is 10.1 Å². The van der Waals surface area contributed by atoms with Crippen LogP contribution in [0.3, 0.4) is 0 Å². The predicted molar refractivity (Wildman–Crippen MR) is 128 cm³/mol. The molecule has 33 heavy (non-hydrogen) atoms. The summed E-state index contributed by atoms with van der Waals surface area (Å²) in [5, 5.41) is 16.9. The van der Waals surface area contributed by atoms with Gasteiger partial charge in [0.15, 0.2) is 5.75 Å². The molecule has 2 N–H and O–H groups in total. The molecule has 5 rings (SSSR count). The molecule has 2 heterocycles. The smallest absolute Gasteiger partial charge is 0.272 e. The van der Waals surface area contributed by atoms with Crippen LogP contribution in [0.4, 0.5) is 5.95 Å². The third-order valence-corrected chi connectivity index (χ3v) is 7.34. The molecule has 0 radical (unpaired) electrons. The minimum absolute atomic E-state index is 0.104. The van der Waals surface area contributed by atoms with Crippen LogP contribution in [0.15, 0.2) is 36.4 Å². The highest BCUT2D eigenvalue weighted by atomic mass is 32.1. The normalized spacial score (nSPS) is 17.9. The molecule has 1 aliphatic carbocycles. The molecule has 4 aromatic rings. The molecule has 1 fully saturated rings. The van der Waals surface area contributed by atoms with E-state index in [4.69, 9.17) is 9.47 Å². The SMILES string of the molecule is COc1cc2c(Oc3ccc(C4CCC(C)C4)cc3)c(C(=O)Nc3nn[nH]n3)sc2cc1C. The van der Waals surface area contributed by atoms with E-state index in [9.17, 15) is 4.79 Å². The van der Waals surface area contributed by atoms with Gasteiger partial charge in [-0.1, -0.05) is 30.6 Å². The van der Waals surface area contributed by atoms with Crippen molar-refractivity contribution in [2.75, 3.05) is 12.4 Å². The van der Waals surface area contributed by atoms with E-state index in [2.05, 4.69) is 45.0 Å². The zero-order chi connectivity index (χ0) is 22.9. The number of benzene rings is 2. The van der Waals surface area contributed by atoms with Gasteiger partial charge in [-0.2, -0.15) is 5.21 Å². The van der Waals surface area contributed by atoms with Gasteiger partial charge >= 0.3 is 0 Å². The second kappa shape index (κ2) is 8.82. The van der Waals surface area contributed by atoms with E-state index < -0.39 is 0 Å². The van der Waals surface area contributed by atoms with Crippen LogP contribution in [0.25, 0.3) is 10.1 Å². The van der Waals surface area contributed by atoms with Gasteiger partial charge in [-0.05, 0) is 72.2 Å². The van der Waals surface area contributed by atoms with Crippen molar-refractivity contribution in [3.8, 4) is 17.2 Å². The number of anilines is 1. The summed E-state index contributed by atoms with van der Waals surface area (Å²) in [5.74, 6) is 3.03. The molecule has 1 saturated carbocycles. The third kappa shape index (κ3) is 4.28. The first-order valence-electron chi connectivity index (χ1n) is 11.0. The van der Waals surface area contributed by atoms with Crippen LogP contribution < -0.4 is 14.8 Å². The maximum Gasteiger partial charge on any atom is 0.272 e. The van der Waals surface area contributed by atoms with Crippen LogP contribution in [0.5, 0.6) is 17.2 Å². The number of carbonyl (C=O) groups excluding carboxylic acids is 1. The molecule has 8 nitrogen and oxygen atoms in total. The average Bonchev–Trinajstić information content (AvgIpc) is 3.55. The topological polar surface area (TPSA) is 102 Å². The van der Waals surface area contributed by atoms with E-state index in [0.717, 1.165) is 27.3 Å². The van der Waals surface area contributed by atoms with E-state index >= 15 is 0 Å². The number of aromatic amines is 1. The van der Waals surface area contributed by atoms with Crippen LogP contribution in [0, 0.1) is 12.8 Å². The minimum atomic E-state index is -0.360. The Morgan fingerprint density at radius 2 is 2.03 bits per heavy atom. The molecule has 1 amide bonds. The molecule has 2 atom stereocenters. The van der Waals surface area contributed by atoms with E-state index in [1.807, 2.05) is 31.2 Å². The Labute approximate surface area is 195 Å². The number of thiophene rings is 1. The fourth-order valence-electron chi connectivity index (χ4n) is 4.48. The molecule has 2 aromatic carbocycles. The Morgan fingerprint density at radius 1 is 1.21 bits per heavy atom. The highest BCUT2D eigenvalue weighted by molar-refractivity contribution is 7.21. The van der Waals surface area contributed by atoms with Crippen LogP contribution >= 0.6 is 11.3 Å². The van der Waals surface area contributed by atoms with Crippen molar-refractivity contribution < 1.29 is 14.3 Å². The van der Waals surface area contributed by atoms with Gasteiger partial charge in [0.1, 0.15) is 16.4 Å². The van der Waals surface area contributed by atoms with E-state index in [1.54, 1.807) is 7.11 Å². The molecular weight excluding hydrogens is 438 g/mol. The fourth-order valence-corrected chi connectivity index (χ4v) is 5.59. The number of tetrazole rings is 1. The standard InChI is InChI=1S/C24H25N5O3S/c1-13-4-5-16(10-13)15-6-8-17(9-7-15)32-21-18-12-19(31-3)14(2)11-20(18)33-22(21)23(30)25-24-26-28-29-27-24/h6-9,11-13,16H,4-5,10H2,1-3H3,(H2,25,26,27,28,29,30). The summed E-state index contributed by atoms with van der Waals surface area (Å²) in [6, 6.07) is 12.1. The number of ether oxygens (including phenoxy) is 2. The van der Waals surface area contributed by atoms with Crippen LogP contribution in [0.2, 0.25) is 0 Å². The number of H-pyrrole nitrogens is 1. The first-order chi connectivity index (χ1) is 16.0. The third-order valence-electron chi connectivity index (χ3n) is 6.20. The van der Waals surface area contributed by atoms with Crippen LogP contribution in [-0.4, -0.2) is 33.6 Å². The molecule has 2 aromatic heterocycles. The van der Waals surface area contributed by atoms with Crippen molar-refractivity contribution >= 4 is 33.3 Å². The first-order valence-corrected chi connectivity index (χ1v) is 11.8. The van der Waals surface area contributed by atoms with Crippen molar-refractivity contribution in [2.24, 2.45) is 5.92 Å². The lowest BCUT2D eigenvalue weighted by Gasteiger charge is -2.12. The molecule has 0 spiro atoms. The Bertz CT molecular complexity index is 1280. The summed E-state index contributed by atoms with van der Waals surface area (Å²) in [6.07, 6.45) is 3.74. The molecule has 170 valence electrons. The minimum Gasteiger partial charge on any atom is -0.496 e. The number of amides is 1. The first kappa shape index (κ1) is 21.4. The maximum atomic E-state index is 13.1. The predicted octanol–water partition coefficient (Wildman–Crippen LogP) is 5.68. The number of carbonyl (C=O) groups is 1. The second-order valence-corrected chi connectivity index (χ2v) is 9.61. The number of hydrogen-bond donors (Lipinski definition) is 2. The molecule has 0 saturated heterocycles. The molecule has 1 aliphatic rings. The average molecular weight is 464 g/mol. The number of rotatable bonds is 6. The largest absolute Gasteiger partial charge is 0.496 e. The number of aromatic nitrogens is 4. The van der Waals surface area contributed by atoms with Crippen molar-refractivity contribution in [3.63, 3.8) is 0 Å². The molecule has 2 unspecified atom stereocenters. The number of nitrogens with zero attached hydrogens (tertiary/aromatic N) is 3. The summed E-state index contributed by atoms with van der Waals surface area (Å²) in [7, 11) is 1.63. The quantitative estimate of drug-likeness (QED) is 0.381. The highest BCUT2D eigenvalue weighted by Crippen LogP contribution is 2.44. The summed E-state index contributed by atoms with van der Waals surface area (Å²) < 4.78 is 12.8. The van der Waals surface area contributed by atoms with Gasteiger partial charge in [0.05, 0.1) is 7.11 Å². The van der Waals surface area contributed by atoms with Gasteiger partial charge < -0.3 is 9.47 Å². The number of methoxy groups -OCH3 is 1. The second-order valence-electron chi connectivity index (χ2n) is 8.55. The Hall–Kier alpha value is -3.46. The van der Waals surface area contributed by atoms with E-state index in [0.29, 0.717) is 22.3 Å².